The van der Waals surface area contributed by atoms with Crippen LogP contribution in [0.15, 0.2) is 12.1 Å². The molecule has 0 aromatic carbocycles. The van der Waals surface area contributed by atoms with Gasteiger partial charge in [-0.25, -0.2) is 0 Å². The molecular formula is C6H10N4O. The molecule has 1 rings (SSSR count). The average molecular weight is 154 g/mol. The minimum absolute atomic E-state index is 0.0355. The van der Waals surface area contributed by atoms with Gasteiger partial charge in [0, 0.05) is 6.54 Å². The van der Waals surface area contributed by atoms with Crippen LogP contribution in [0.2, 0.25) is 0 Å². The van der Waals surface area contributed by atoms with Gasteiger partial charge >= 0.3 is 0 Å². The second-order valence-corrected chi connectivity index (χ2v) is 2.02. The van der Waals surface area contributed by atoms with E-state index in [1.807, 2.05) is 6.92 Å². The lowest BCUT2D eigenvalue weighted by Gasteiger charge is -2.01. The van der Waals surface area contributed by atoms with Crippen molar-refractivity contribution in [3.05, 3.63) is 17.6 Å². The van der Waals surface area contributed by atoms with E-state index in [0.29, 0.717) is 10.7 Å². The van der Waals surface area contributed by atoms with E-state index in [2.05, 4.69) is 10.4 Å². The van der Waals surface area contributed by atoms with Crippen LogP contribution in [0.3, 0.4) is 0 Å². The lowest BCUT2D eigenvalue weighted by Crippen LogP contribution is -2.20. The number of aromatic nitrogens is 2. The molecule has 0 saturated carbocycles. The maximum absolute atomic E-state index is 8.90. The van der Waals surface area contributed by atoms with Crippen molar-refractivity contribution >= 4 is 5.82 Å². The van der Waals surface area contributed by atoms with E-state index < -0.39 is 0 Å². The molecule has 0 atom stereocenters. The first-order chi connectivity index (χ1) is 5.24. The van der Waals surface area contributed by atoms with Crippen LogP contribution in [0, 0.1) is 5.41 Å². The Labute approximate surface area is 63.8 Å². The standard InChI is InChI=1S/C6H10N4O/c1-2-8-6-4-3-5(7)10(11)9-6/h3-4,7,11H,2H2,1H3,(H,8,9). The summed E-state index contributed by atoms with van der Waals surface area (Å²) in [7, 11) is 0. The third-order valence-electron chi connectivity index (χ3n) is 1.17. The largest absolute Gasteiger partial charge is 0.410 e. The third-order valence-corrected chi connectivity index (χ3v) is 1.17. The van der Waals surface area contributed by atoms with E-state index in [1.54, 1.807) is 6.07 Å². The fourth-order valence-corrected chi connectivity index (χ4v) is 0.689. The monoisotopic (exact) mass is 154 g/mol. The maximum Gasteiger partial charge on any atom is 0.182 e. The second kappa shape index (κ2) is 3.05. The molecule has 0 aliphatic carbocycles. The van der Waals surface area contributed by atoms with Crippen LogP contribution in [0.4, 0.5) is 5.82 Å². The van der Waals surface area contributed by atoms with E-state index in [0.717, 1.165) is 6.54 Å². The van der Waals surface area contributed by atoms with Crippen molar-refractivity contribution in [3.8, 4) is 0 Å². The summed E-state index contributed by atoms with van der Waals surface area (Å²) < 4.78 is 0. The first-order valence-electron chi connectivity index (χ1n) is 3.32. The Bertz CT molecular complexity index is 293. The summed E-state index contributed by atoms with van der Waals surface area (Å²) in [6.45, 7) is 2.67. The van der Waals surface area contributed by atoms with Crippen molar-refractivity contribution < 1.29 is 5.21 Å². The SMILES string of the molecule is CCNc1ccc(=N)n(O)n1. The van der Waals surface area contributed by atoms with Gasteiger partial charge in [-0.2, -0.15) is 0 Å². The van der Waals surface area contributed by atoms with Crippen molar-refractivity contribution in [2.75, 3.05) is 11.9 Å². The van der Waals surface area contributed by atoms with Gasteiger partial charge in [-0.3, -0.25) is 5.41 Å². The van der Waals surface area contributed by atoms with Gasteiger partial charge in [0.2, 0.25) is 0 Å². The minimum Gasteiger partial charge on any atom is -0.410 e. The number of nitrogens with zero attached hydrogens (tertiary/aromatic N) is 2. The Hall–Kier alpha value is -1.52. The van der Waals surface area contributed by atoms with Crippen LogP contribution in [-0.2, 0) is 0 Å². The number of rotatable bonds is 2. The predicted octanol–water partition coefficient (Wildman–Crippen LogP) is 0.0317. The van der Waals surface area contributed by atoms with Crippen molar-refractivity contribution in [2.45, 2.75) is 6.92 Å². The van der Waals surface area contributed by atoms with E-state index in [4.69, 9.17) is 10.6 Å². The molecule has 0 spiro atoms. The van der Waals surface area contributed by atoms with Crippen molar-refractivity contribution in [3.63, 3.8) is 0 Å². The molecule has 5 heteroatoms. The Morgan fingerprint density at radius 3 is 3.00 bits per heavy atom. The summed E-state index contributed by atoms with van der Waals surface area (Å²) >= 11 is 0. The first-order valence-corrected chi connectivity index (χ1v) is 3.32. The lowest BCUT2D eigenvalue weighted by molar-refractivity contribution is 0.131. The second-order valence-electron chi connectivity index (χ2n) is 2.02. The molecule has 11 heavy (non-hydrogen) atoms. The predicted molar refractivity (Wildman–Crippen MR) is 39.4 cm³/mol. The fourth-order valence-electron chi connectivity index (χ4n) is 0.689. The molecule has 0 bridgehead atoms. The number of hydrogen-bond acceptors (Lipinski definition) is 4. The van der Waals surface area contributed by atoms with Crippen LogP contribution < -0.4 is 10.8 Å². The number of nitrogens with one attached hydrogen (secondary N) is 2. The third kappa shape index (κ3) is 1.70. The topological polar surface area (TPSA) is 73.9 Å². The zero-order chi connectivity index (χ0) is 8.27. The molecule has 3 N–H and O–H groups in total. The molecule has 1 aromatic rings. The molecule has 0 fully saturated rings. The van der Waals surface area contributed by atoms with Crippen LogP contribution >= 0.6 is 0 Å². The van der Waals surface area contributed by atoms with E-state index in [-0.39, 0.29) is 5.49 Å². The van der Waals surface area contributed by atoms with E-state index >= 15 is 0 Å². The summed E-state index contributed by atoms with van der Waals surface area (Å²) in [4.78, 5) is 0.526. The highest BCUT2D eigenvalue weighted by atomic mass is 16.5. The molecule has 60 valence electrons. The lowest BCUT2D eigenvalue weighted by atomic mass is 10.5. The fraction of sp³-hybridized carbons (Fsp3) is 0.333. The molecule has 0 unspecified atom stereocenters. The van der Waals surface area contributed by atoms with Crippen LogP contribution in [0.25, 0.3) is 0 Å². The molecule has 0 amide bonds. The molecule has 1 aromatic heterocycles. The van der Waals surface area contributed by atoms with Gasteiger partial charge in [-0.15, -0.1) is 5.10 Å². The highest BCUT2D eigenvalue weighted by Gasteiger charge is 1.92. The van der Waals surface area contributed by atoms with Crippen molar-refractivity contribution in [1.29, 1.82) is 5.41 Å². The van der Waals surface area contributed by atoms with Crippen LogP contribution in [-0.4, -0.2) is 21.7 Å². The average Bonchev–Trinajstić information content (AvgIpc) is 1.98. The van der Waals surface area contributed by atoms with Crippen LogP contribution in [0.5, 0.6) is 0 Å². The van der Waals surface area contributed by atoms with Gasteiger partial charge in [0.15, 0.2) is 5.49 Å². The highest BCUT2D eigenvalue weighted by molar-refractivity contribution is 5.30. The molecule has 0 aliphatic heterocycles. The number of hydrogen-bond donors (Lipinski definition) is 3. The normalized spacial score (nSPS) is 9.55. The summed E-state index contributed by atoms with van der Waals surface area (Å²) in [5, 5.41) is 22.5. The van der Waals surface area contributed by atoms with Crippen molar-refractivity contribution in [2.24, 2.45) is 0 Å². The van der Waals surface area contributed by atoms with Gasteiger partial charge in [-0.1, -0.05) is 4.85 Å². The zero-order valence-electron chi connectivity index (χ0n) is 6.20. The van der Waals surface area contributed by atoms with Gasteiger partial charge in [0.1, 0.15) is 5.82 Å². The zero-order valence-corrected chi connectivity index (χ0v) is 6.20. The Kier molecular flexibility index (Phi) is 2.10. The summed E-state index contributed by atoms with van der Waals surface area (Å²) in [6.07, 6.45) is 0. The van der Waals surface area contributed by atoms with Gasteiger partial charge in [-0.05, 0) is 19.1 Å². The molecular weight excluding hydrogens is 144 g/mol. The van der Waals surface area contributed by atoms with Crippen molar-refractivity contribution in [1.82, 2.24) is 9.94 Å². The highest BCUT2D eigenvalue weighted by Crippen LogP contribution is 1.94. The maximum atomic E-state index is 8.90. The smallest absolute Gasteiger partial charge is 0.182 e. The molecule has 0 saturated heterocycles. The Morgan fingerprint density at radius 2 is 2.45 bits per heavy atom. The quantitative estimate of drug-likeness (QED) is 0.526. The molecule has 0 aliphatic rings. The van der Waals surface area contributed by atoms with Gasteiger partial charge < -0.3 is 10.5 Å². The molecule has 1 heterocycles. The van der Waals surface area contributed by atoms with E-state index in [1.165, 1.54) is 6.07 Å². The van der Waals surface area contributed by atoms with Crippen LogP contribution in [0.1, 0.15) is 6.92 Å². The molecule has 5 nitrogen and oxygen atoms in total. The summed E-state index contributed by atoms with van der Waals surface area (Å²) in [5.41, 5.74) is -0.0355. The Morgan fingerprint density at radius 1 is 1.73 bits per heavy atom. The summed E-state index contributed by atoms with van der Waals surface area (Å²) in [6, 6.07) is 3.10. The molecule has 0 radical (unpaired) electrons. The summed E-state index contributed by atoms with van der Waals surface area (Å²) in [5.74, 6) is 0.561. The minimum atomic E-state index is -0.0355. The Balaban J connectivity index is 2.96. The first kappa shape index (κ1) is 7.59. The number of anilines is 1. The van der Waals surface area contributed by atoms with E-state index in [9.17, 15) is 0 Å². The van der Waals surface area contributed by atoms with Gasteiger partial charge in [0.05, 0.1) is 0 Å². The van der Waals surface area contributed by atoms with Gasteiger partial charge in [0.25, 0.3) is 0 Å².